The molecule has 3 aromatic heterocycles. The molecule has 4 aromatic rings. The summed E-state index contributed by atoms with van der Waals surface area (Å²) < 4.78 is 7.76. The van der Waals surface area contributed by atoms with Crippen LogP contribution in [0.2, 0.25) is 0 Å². The molecule has 0 fully saturated rings. The zero-order chi connectivity index (χ0) is 19.7. The molecule has 0 atom stereocenters. The molecule has 0 amide bonds. The van der Waals surface area contributed by atoms with Crippen molar-refractivity contribution in [3.05, 3.63) is 76.5 Å². The van der Waals surface area contributed by atoms with Crippen LogP contribution in [0.15, 0.2) is 59.8 Å². The minimum atomic E-state index is -0.522. The zero-order valence-corrected chi connectivity index (χ0v) is 15.0. The molecule has 0 N–H and O–H groups in total. The van der Waals surface area contributed by atoms with E-state index in [1.807, 2.05) is 6.07 Å². The van der Waals surface area contributed by atoms with E-state index in [9.17, 15) is 14.4 Å². The second-order valence-electron chi connectivity index (χ2n) is 6.11. The Kier molecular flexibility index (Phi) is 4.44. The number of carbonyl (C=O) groups is 2. The number of esters is 1. The van der Waals surface area contributed by atoms with Gasteiger partial charge in [0.25, 0.3) is 5.56 Å². The van der Waals surface area contributed by atoms with Crippen LogP contribution >= 0.6 is 0 Å². The van der Waals surface area contributed by atoms with Crippen LogP contribution in [0.25, 0.3) is 16.6 Å². The fourth-order valence-corrected chi connectivity index (χ4v) is 3.00. The number of aromatic nitrogens is 4. The van der Waals surface area contributed by atoms with Crippen LogP contribution in [0, 0.1) is 0 Å². The van der Waals surface area contributed by atoms with Gasteiger partial charge in [-0.05, 0) is 13.0 Å². The smallest absolute Gasteiger partial charge is 0.343 e. The van der Waals surface area contributed by atoms with Crippen molar-refractivity contribution in [1.29, 1.82) is 0 Å². The van der Waals surface area contributed by atoms with Gasteiger partial charge < -0.3 is 9.30 Å². The van der Waals surface area contributed by atoms with Gasteiger partial charge in [-0.2, -0.15) is 5.10 Å². The number of nitrogens with zero attached hydrogens (tertiary/aromatic N) is 4. The second-order valence-corrected chi connectivity index (χ2v) is 6.11. The van der Waals surface area contributed by atoms with Crippen molar-refractivity contribution >= 4 is 28.3 Å². The number of Topliss-reactive ketones (excluding diaryl/α,β-unsaturated/α-hetero) is 1. The fourth-order valence-electron chi connectivity index (χ4n) is 3.00. The Morgan fingerprint density at radius 3 is 2.64 bits per heavy atom. The molecule has 0 aliphatic heterocycles. The minimum Gasteiger partial charge on any atom is -0.462 e. The molecule has 28 heavy (non-hydrogen) atoms. The number of ketones is 1. The van der Waals surface area contributed by atoms with Crippen molar-refractivity contribution in [2.45, 2.75) is 13.5 Å². The van der Waals surface area contributed by atoms with E-state index < -0.39 is 5.97 Å². The molecule has 0 spiro atoms. The van der Waals surface area contributed by atoms with Crippen LogP contribution in [0.4, 0.5) is 0 Å². The van der Waals surface area contributed by atoms with Crippen LogP contribution in [0.1, 0.15) is 27.6 Å². The topological polar surface area (TPSA) is 95.6 Å². The third-order valence-corrected chi connectivity index (χ3v) is 4.37. The molecule has 3 heterocycles. The predicted octanol–water partition coefficient (Wildman–Crippen LogP) is 2.10. The van der Waals surface area contributed by atoms with E-state index in [1.165, 1.54) is 27.7 Å². The molecule has 0 unspecified atom stereocenters. The summed E-state index contributed by atoms with van der Waals surface area (Å²) in [6, 6.07) is 10.5. The summed E-state index contributed by atoms with van der Waals surface area (Å²) >= 11 is 0. The van der Waals surface area contributed by atoms with Crippen LogP contribution in [0.5, 0.6) is 0 Å². The van der Waals surface area contributed by atoms with Crippen LogP contribution in [-0.2, 0) is 11.3 Å². The van der Waals surface area contributed by atoms with Crippen LogP contribution in [-0.4, -0.2) is 37.5 Å². The lowest BCUT2D eigenvalue weighted by atomic mass is 10.1. The van der Waals surface area contributed by atoms with Crippen LogP contribution < -0.4 is 5.56 Å². The molecule has 0 radical (unpaired) electrons. The van der Waals surface area contributed by atoms with Gasteiger partial charge in [0.05, 0.1) is 30.3 Å². The van der Waals surface area contributed by atoms with Crippen molar-refractivity contribution < 1.29 is 14.3 Å². The van der Waals surface area contributed by atoms with E-state index in [0.717, 1.165) is 0 Å². The molecule has 0 bridgehead atoms. The van der Waals surface area contributed by atoms with E-state index in [-0.39, 0.29) is 30.1 Å². The summed E-state index contributed by atoms with van der Waals surface area (Å²) in [6.07, 6.45) is 4.29. The fraction of sp³-hybridized carbons (Fsp3) is 0.150. The standard InChI is InChI=1S/C20H16N4O4/c1-2-28-20(27)15-11-22-24-16-8-9-23(19(26)14(16)10-21-18(15)24)12-17(25)13-6-4-3-5-7-13/h3-11H,2,12H2,1H3. The van der Waals surface area contributed by atoms with Gasteiger partial charge in [-0.3, -0.25) is 9.59 Å². The van der Waals surface area contributed by atoms with Gasteiger partial charge in [0.15, 0.2) is 11.4 Å². The van der Waals surface area contributed by atoms with E-state index in [1.54, 1.807) is 37.3 Å². The summed E-state index contributed by atoms with van der Waals surface area (Å²) in [6.45, 7) is 1.87. The van der Waals surface area contributed by atoms with Crippen molar-refractivity contribution in [3.8, 4) is 0 Å². The predicted molar refractivity (Wildman–Crippen MR) is 101 cm³/mol. The molecular weight excluding hydrogens is 360 g/mol. The van der Waals surface area contributed by atoms with E-state index in [0.29, 0.717) is 22.1 Å². The molecule has 1 aromatic carbocycles. The van der Waals surface area contributed by atoms with Gasteiger partial charge in [0, 0.05) is 18.0 Å². The Morgan fingerprint density at radius 1 is 1.11 bits per heavy atom. The number of rotatable bonds is 5. The molecule has 0 saturated carbocycles. The summed E-state index contributed by atoms with van der Waals surface area (Å²) in [5, 5.41) is 4.47. The highest BCUT2D eigenvalue weighted by Crippen LogP contribution is 2.15. The molecular formula is C20H16N4O4. The number of carbonyl (C=O) groups excluding carboxylic acids is 2. The quantitative estimate of drug-likeness (QED) is 0.391. The Morgan fingerprint density at radius 2 is 1.89 bits per heavy atom. The molecule has 8 heteroatoms. The third kappa shape index (κ3) is 2.94. The van der Waals surface area contributed by atoms with Gasteiger partial charge in [0.1, 0.15) is 5.56 Å². The molecule has 8 nitrogen and oxygen atoms in total. The number of fused-ring (bicyclic) bond motifs is 3. The van der Waals surface area contributed by atoms with E-state index in [4.69, 9.17) is 4.74 Å². The van der Waals surface area contributed by atoms with Gasteiger partial charge in [-0.25, -0.2) is 14.3 Å². The first-order chi connectivity index (χ1) is 13.6. The maximum Gasteiger partial charge on any atom is 0.343 e. The van der Waals surface area contributed by atoms with E-state index >= 15 is 0 Å². The summed E-state index contributed by atoms with van der Waals surface area (Å²) in [5.41, 5.74) is 1.21. The highest BCUT2D eigenvalue weighted by atomic mass is 16.5. The maximum absolute atomic E-state index is 12.8. The second kappa shape index (κ2) is 7.07. The van der Waals surface area contributed by atoms with Gasteiger partial charge in [-0.1, -0.05) is 30.3 Å². The molecule has 140 valence electrons. The average molecular weight is 376 g/mol. The number of pyridine rings is 1. The summed E-state index contributed by atoms with van der Waals surface area (Å²) in [7, 11) is 0. The first kappa shape index (κ1) is 17.6. The summed E-state index contributed by atoms with van der Waals surface area (Å²) in [4.78, 5) is 41.5. The minimum absolute atomic E-state index is 0.0794. The lowest BCUT2D eigenvalue weighted by Crippen LogP contribution is -2.24. The van der Waals surface area contributed by atoms with Crippen LogP contribution in [0.3, 0.4) is 0 Å². The highest BCUT2D eigenvalue weighted by molar-refractivity contribution is 5.97. The highest BCUT2D eigenvalue weighted by Gasteiger charge is 2.18. The average Bonchev–Trinajstić information content (AvgIpc) is 3.15. The van der Waals surface area contributed by atoms with Crippen molar-refractivity contribution in [2.24, 2.45) is 0 Å². The van der Waals surface area contributed by atoms with Crippen molar-refractivity contribution in [2.75, 3.05) is 6.61 Å². The zero-order valence-electron chi connectivity index (χ0n) is 15.0. The number of hydrogen-bond acceptors (Lipinski definition) is 6. The molecule has 0 aliphatic rings. The largest absolute Gasteiger partial charge is 0.462 e. The van der Waals surface area contributed by atoms with E-state index in [2.05, 4.69) is 10.1 Å². The van der Waals surface area contributed by atoms with Crippen molar-refractivity contribution in [3.63, 3.8) is 0 Å². The Hall–Kier alpha value is -3.81. The molecule has 0 saturated heterocycles. The summed E-state index contributed by atoms with van der Waals surface area (Å²) in [5.74, 6) is -0.689. The van der Waals surface area contributed by atoms with Gasteiger partial charge in [-0.15, -0.1) is 0 Å². The first-order valence-corrected chi connectivity index (χ1v) is 8.71. The lowest BCUT2D eigenvalue weighted by molar-refractivity contribution is 0.0528. The normalized spacial score (nSPS) is 11.0. The molecule has 0 aliphatic carbocycles. The lowest BCUT2D eigenvalue weighted by Gasteiger charge is -2.08. The number of benzene rings is 1. The Balaban J connectivity index is 1.76. The molecule has 4 rings (SSSR count). The van der Waals surface area contributed by atoms with Gasteiger partial charge >= 0.3 is 5.97 Å². The van der Waals surface area contributed by atoms with Gasteiger partial charge in [0.2, 0.25) is 0 Å². The third-order valence-electron chi connectivity index (χ3n) is 4.37. The maximum atomic E-state index is 12.8. The number of hydrogen-bond donors (Lipinski definition) is 0. The Bertz CT molecular complexity index is 1260. The first-order valence-electron chi connectivity index (χ1n) is 8.71. The monoisotopic (exact) mass is 376 g/mol. The van der Waals surface area contributed by atoms with Crippen molar-refractivity contribution in [1.82, 2.24) is 19.2 Å². The Labute approximate surface area is 159 Å². The number of ether oxygens (including phenoxy) is 1. The SMILES string of the molecule is CCOC(=O)c1cnn2c1ncc1c(=O)n(CC(=O)c3ccccc3)ccc12.